The predicted octanol–water partition coefficient (Wildman–Crippen LogP) is 3.23. The maximum atomic E-state index is 12.7. The first-order valence-electron chi connectivity index (χ1n) is 8.76. The molecule has 2 aromatic rings. The molecule has 1 N–H and O–H groups in total. The van der Waals surface area contributed by atoms with Gasteiger partial charge in [-0.05, 0) is 38.0 Å². The van der Waals surface area contributed by atoms with Crippen molar-refractivity contribution >= 4 is 17.7 Å². The van der Waals surface area contributed by atoms with Crippen LogP contribution >= 0.6 is 0 Å². The van der Waals surface area contributed by atoms with Gasteiger partial charge in [-0.2, -0.15) is 0 Å². The fourth-order valence-corrected chi connectivity index (χ4v) is 2.42. The summed E-state index contributed by atoms with van der Waals surface area (Å²) in [7, 11) is 1.27. The van der Waals surface area contributed by atoms with Gasteiger partial charge in [-0.15, -0.1) is 0 Å². The largest absolute Gasteiger partial charge is 0.464 e. The SMILES string of the molecule is CCOCCCN(Cc1nc(C(=O)OC)co1)C(=O)Nc1cccc(C)c1. The molecule has 1 heterocycles. The third kappa shape index (κ3) is 6.41. The van der Waals surface area contributed by atoms with E-state index >= 15 is 0 Å². The number of nitrogens with one attached hydrogen (secondary N) is 1. The van der Waals surface area contributed by atoms with E-state index in [9.17, 15) is 9.59 Å². The van der Waals surface area contributed by atoms with E-state index in [4.69, 9.17) is 9.15 Å². The van der Waals surface area contributed by atoms with E-state index in [0.29, 0.717) is 31.9 Å². The number of hydrogen-bond donors (Lipinski definition) is 1. The Labute approximate surface area is 158 Å². The van der Waals surface area contributed by atoms with Crippen molar-refractivity contribution in [3.8, 4) is 0 Å². The molecule has 146 valence electrons. The molecule has 0 aliphatic heterocycles. The highest BCUT2D eigenvalue weighted by Gasteiger charge is 2.19. The van der Waals surface area contributed by atoms with Crippen LogP contribution in [0.3, 0.4) is 0 Å². The summed E-state index contributed by atoms with van der Waals surface area (Å²) in [6, 6.07) is 7.26. The van der Waals surface area contributed by atoms with E-state index in [1.165, 1.54) is 13.4 Å². The van der Waals surface area contributed by atoms with Crippen molar-refractivity contribution in [3.63, 3.8) is 0 Å². The summed E-state index contributed by atoms with van der Waals surface area (Å²) in [6.07, 6.45) is 1.89. The normalized spacial score (nSPS) is 10.5. The van der Waals surface area contributed by atoms with Crippen LogP contribution in [0, 0.1) is 6.92 Å². The summed E-state index contributed by atoms with van der Waals surface area (Å²) < 4.78 is 15.3. The molecule has 0 fully saturated rings. The van der Waals surface area contributed by atoms with Crippen molar-refractivity contribution in [2.75, 3.05) is 32.2 Å². The van der Waals surface area contributed by atoms with Gasteiger partial charge in [-0.25, -0.2) is 14.6 Å². The smallest absolute Gasteiger partial charge is 0.360 e. The Morgan fingerprint density at radius 3 is 2.85 bits per heavy atom. The lowest BCUT2D eigenvalue weighted by molar-refractivity contribution is 0.0594. The van der Waals surface area contributed by atoms with Gasteiger partial charge in [0.2, 0.25) is 5.89 Å². The minimum absolute atomic E-state index is 0.0702. The van der Waals surface area contributed by atoms with Gasteiger partial charge < -0.3 is 24.1 Å². The lowest BCUT2D eigenvalue weighted by Crippen LogP contribution is -2.36. The highest BCUT2D eigenvalue weighted by Crippen LogP contribution is 2.13. The van der Waals surface area contributed by atoms with Gasteiger partial charge in [-0.3, -0.25) is 0 Å². The van der Waals surface area contributed by atoms with E-state index in [2.05, 4.69) is 15.0 Å². The average Bonchev–Trinajstić information content (AvgIpc) is 3.12. The summed E-state index contributed by atoms with van der Waals surface area (Å²) in [5.74, 6) is -0.330. The molecule has 8 nitrogen and oxygen atoms in total. The van der Waals surface area contributed by atoms with Gasteiger partial charge in [0.15, 0.2) is 5.69 Å². The third-order valence-corrected chi connectivity index (χ3v) is 3.75. The third-order valence-electron chi connectivity index (χ3n) is 3.75. The molecule has 1 aromatic carbocycles. The summed E-state index contributed by atoms with van der Waals surface area (Å²) >= 11 is 0. The van der Waals surface area contributed by atoms with Gasteiger partial charge >= 0.3 is 12.0 Å². The van der Waals surface area contributed by atoms with Gasteiger partial charge in [0, 0.05) is 25.4 Å². The number of methoxy groups -OCH3 is 1. The summed E-state index contributed by atoms with van der Waals surface area (Å²) in [5, 5.41) is 2.87. The molecular weight excluding hydrogens is 350 g/mol. The number of carbonyl (C=O) groups is 2. The molecule has 0 saturated heterocycles. The number of anilines is 1. The number of ether oxygens (including phenoxy) is 2. The zero-order valence-corrected chi connectivity index (χ0v) is 15.9. The van der Waals surface area contributed by atoms with Crippen LogP contribution in [-0.4, -0.2) is 48.8 Å². The van der Waals surface area contributed by atoms with Crippen LogP contribution < -0.4 is 5.32 Å². The second-order valence-electron chi connectivity index (χ2n) is 5.89. The van der Waals surface area contributed by atoms with Crippen molar-refractivity contribution in [1.29, 1.82) is 0 Å². The number of oxazole rings is 1. The maximum absolute atomic E-state index is 12.7. The Balaban J connectivity index is 2.06. The first-order valence-corrected chi connectivity index (χ1v) is 8.76. The van der Waals surface area contributed by atoms with E-state index < -0.39 is 5.97 Å². The van der Waals surface area contributed by atoms with Crippen LogP contribution in [-0.2, 0) is 16.0 Å². The Bertz CT molecular complexity index is 759. The number of amides is 2. The first-order chi connectivity index (χ1) is 13.0. The number of nitrogens with zero attached hydrogens (tertiary/aromatic N) is 2. The number of esters is 1. The average molecular weight is 375 g/mol. The molecule has 0 atom stereocenters. The predicted molar refractivity (Wildman–Crippen MR) is 99.6 cm³/mol. The number of benzene rings is 1. The molecular formula is C19H25N3O5. The highest BCUT2D eigenvalue weighted by atomic mass is 16.5. The summed E-state index contributed by atoms with van der Waals surface area (Å²) in [6.45, 7) is 5.62. The summed E-state index contributed by atoms with van der Waals surface area (Å²) in [4.78, 5) is 29.8. The Morgan fingerprint density at radius 2 is 2.15 bits per heavy atom. The van der Waals surface area contributed by atoms with E-state index in [0.717, 1.165) is 5.56 Å². The zero-order valence-electron chi connectivity index (χ0n) is 15.9. The molecule has 1 aromatic heterocycles. The fourth-order valence-electron chi connectivity index (χ4n) is 2.42. The Morgan fingerprint density at radius 1 is 1.33 bits per heavy atom. The van der Waals surface area contributed by atoms with Crippen LogP contribution in [0.2, 0.25) is 0 Å². The summed E-state index contributed by atoms with van der Waals surface area (Å²) in [5.41, 5.74) is 1.82. The van der Waals surface area contributed by atoms with Crippen molar-refractivity contribution in [2.45, 2.75) is 26.8 Å². The number of aromatic nitrogens is 1. The molecule has 0 spiro atoms. The van der Waals surface area contributed by atoms with Gasteiger partial charge in [0.05, 0.1) is 13.7 Å². The Hall–Kier alpha value is -2.87. The van der Waals surface area contributed by atoms with Crippen molar-refractivity contribution in [3.05, 3.63) is 47.7 Å². The molecule has 2 amide bonds. The van der Waals surface area contributed by atoms with Crippen molar-refractivity contribution in [1.82, 2.24) is 9.88 Å². The van der Waals surface area contributed by atoms with Gasteiger partial charge in [0.1, 0.15) is 6.26 Å². The minimum Gasteiger partial charge on any atom is -0.464 e. The van der Waals surface area contributed by atoms with E-state index in [1.54, 1.807) is 4.90 Å². The van der Waals surface area contributed by atoms with Crippen molar-refractivity contribution < 1.29 is 23.5 Å². The van der Waals surface area contributed by atoms with Crippen LogP contribution in [0.15, 0.2) is 34.9 Å². The fraction of sp³-hybridized carbons (Fsp3) is 0.421. The molecule has 27 heavy (non-hydrogen) atoms. The lowest BCUT2D eigenvalue weighted by Gasteiger charge is -2.22. The zero-order chi connectivity index (χ0) is 19.6. The second kappa shape index (κ2) is 10.3. The van der Waals surface area contributed by atoms with Crippen LogP contribution in [0.4, 0.5) is 10.5 Å². The molecule has 0 saturated carbocycles. The van der Waals surface area contributed by atoms with E-state index in [-0.39, 0.29) is 24.2 Å². The highest BCUT2D eigenvalue weighted by molar-refractivity contribution is 5.89. The molecule has 0 aliphatic rings. The minimum atomic E-state index is -0.586. The quantitative estimate of drug-likeness (QED) is 0.534. The molecule has 8 heteroatoms. The molecule has 0 aliphatic carbocycles. The van der Waals surface area contributed by atoms with Gasteiger partial charge in [0.25, 0.3) is 0 Å². The van der Waals surface area contributed by atoms with Crippen molar-refractivity contribution in [2.24, 2.45) is 0 Å². The van der Waals surface area contributed by atoms with Crippen LogP contribution in [0.25, 0.3) is 0 Å². The monoisotopic (exact) mass is 375 g/mol. The number of aryl methyl sites for hydroxylation is 1. The molecule has 2 rings (SSSR count). The molecule has 0 bridgehead atoms. The van der Waals surface area contributed by atoms with Gasteiger partial charge in [-0.1, -0.05) is 12.1 Å². The standard InChI is InChI=1S/C19H25N3O5/c1-4-26-10-6-9-22(12-17-21-16(13-27-17)18(23)25-3)19(24)20-15-8-5-7-14(2)11-15/h5,7-8,11,13H,4,6,9-10,12H2,1-3H3,(H,20,24). The first kappa shape index (κ1) is 20.4. The molecule has 0 radical (unpaired) electrons. The topological polar surface area (TPSA) is 93.9 Å². The second-order valence-corrected chi connectivity index (χ2v) is 5.89. The number of urea groups is 1. The maximum Gasteiger partial charge on any atom is 0.360 e. The van der Waals surface area contributed by atoms with Crippen LogP contribution in [0.5, 0.6) is 0 Å². The van der Waals surface area contributed by atoms with E-state index in [1.807, 2.05) is 38.1 Å². The number of carbonyl (C=O) groups excluding carboxylic acids is 2. The lowest BCUT2D eigenvalue weighted by atomic mass is 10.2. The number of hydrogen-bond acceptors (Lipinski definition) is 6. The Kier molecular flexibility index (Phi) is 7.81. The molecule has 0 unspecified atom stereocenters. The van der Waals surface area contributed by atoms with Crippen LogP contribution in [0.1, 0.15) is 35.3 Å². The number of rotatable bonds is 9.